The fourth-order valence-electron chi connectivity index (χ4n) is 3.21. The summed E-state index contributed by atoms with van der Waals surface area (Å²) in [5.74, 6) is 1.73. The number of aryl methyl sites for hydroxylation is 1. The van der Waals surface area contributed by atoms with Gasteiger partial charge in [-0.2, -0.15) is 0 Å². The molecule has 0 radical (unpaired) electrons. The number of likely N-dealkylation sites (N-methyl/N-ethyl adjacent to an activating group) is 1. The highest BCUT2D eigenvalue weighted by molar-refractivity contribution is 5.33. The summed E-state index contributed by atoms with van der Waals surface area (Å²) in [7, 11) is 2.07. The van der Waals surface area contributed by atoms with E-state index >= 15 is 0 Å². The van der Waals surface area contributed by atoms with E-state index in [1.165, 1.54) is 24.0 Å². The molecule has 1 aliphatic rings. The van der Waals surface area contributed by atoms with Crippen LogP contribution in [0.1, 0.15) is 37.8 Å². The first-order chi connectivity index (χ1) is 8.07. The molecule has 0 aromatic heterocycles. The second kappa shape index (κ2) is 4.81. The smallest absolute Gasteiger partial charge is 0.00832 e. The van der Waals surface area contributed by atoms with Crippen LogP contribution in [0.25, 0.3) is 0 Å². The normalized spacial score (nSPS) is 28.2. The van der Waals surface area contributed by atoms with Crippen molar-refractivity contribution in [1.29, 1.82) is 0 Å². The summed E-state index contributed by atoms with van der Waals surface area (Å²) >= 11 is 0. The number of nitrogens with one attached hydrogen (secondary N) is 1. The van der Waals surface area contributed by atoms with Gasteiger partial charge in [0, 0.05) is 12.0 Å². The van der Waals surface area contributed by atoms with Crippen molar-refractivity contribution in [3.05, 3.63) is 35.4 Å². The first-order valence-electron chi connectivity index (χ1n) is 6.79. The molecule has 1 saturated carbocycles. The fourth-order valence-corrected chi connectivity index (χ4v) is 3.21. The topological polar surface area (TPSA) is 12.0 Å². The highest BCUT2D eigenvalue weighted by atomic mass is 14.8. The quantitative estimate of drug-likeness (QED) is 0.836. The van der Waals surface area contributed by atoms with Gasteiger partial charge in [-0.05, 0) is 44.2 Å². The van der Waals surface area contributed by atoms with Crippen LogP contribution >= 0.6 is 0 Å². The summed E-state index contributed by atoms with van der Waals surface area (Å²) in [5, 5.41) is 3.39. The molecule has 1 N–H and O–H groups in total. The minimum absolute atomic E-state index is 0.399. The molecule has 1 heteroatoms. The molecule has 1 aliphatic carbocycles. The summed E-state index contributed by atoms with van der Waals surface area (Å²) in [5.41, 5.74) is 3.31. The van der Waals surface area contributed by atoms with Crippen LogP contribution in [-0.4, -0.2) is 13.6 Å². The molecule has 1 fully saturated rings. The van der Waals surface area contributed by atoms with Crippen LogP contribution in [0, 0.1) is 18.8 Å². The monoisotopic (exact) mass is 231 g/mol. The van der Waals surface area contributed by atoms with Gasteiger partial charge in [0.05, 0.1) is 0 Å². The Morgan fingerprint density at radius 3 is 2.59 bits per heavy atom. The third kappa shape index (κ3) is 2.40. The van der Waals surface area contributed by atoms with Crippen LogP contribution in [0.15, 0.2) is 24.3 Å². The Bertz CT molecular complexity index is 375. The van der Waals surface area contributed by atoms with Crippen molar-refractivity contribution in [3.63, 3.8) is 0 Å². The molecule has 0 atom stereocenters. The van der Waals surface area contributed by atoms with E-state index in [-0.39, 0.29) is 0 Å². The predicted molar refractivity (Wildman–Crippen MR) is 74.3 cm³/mol. The first-order valence-corrected chi connectivity index (χ1v) is 6.79. The van der Waals surface area contributed by atoms with Gasteiger partial charge in [0.15, 0.2) is 0 Å². The van der Waals surface area contributed by atoms with Crippen LogP contribution in [0.4, 0.5) is 0 Å². The number of benzene rings is 1. The van der Waals surface area contributed by atoms with E-state index in [1.807, 2.05) is 0 Å². The maximum absolute atomic E-state index is 3.39. The molecule has 0 spiro atoms. The fraction of sp³-hybridized carbons (Fsp3) is 0.625. The Morgan fingerprint density at radius 2 is 2.06 bits per heavy atom. The van der Waals surface area contributed by atoms with E-state index in [2.05, 4.69) is 57.4 Å². The highest BCUT2D eigenvalue weighted by Crippen LogP contribution is 2.50. The maximum atomic E-state index is 3.39. The Kier molecular flexibility index (Phi) is 3.58. The SMILES string of the molecule is CNCC1(c2cccc(C)c2)CC(C(C)C)C1. The predicted octanol–water partition coefficient (Wildman–Crippen LogP) is 3.52. The summed E-state index contributed by atoms with van der Waals surface area (Å²) in [6.45, 7) is 8.00. The average Bonchev–Trinajstić information content (AvgIpc) is 2.22. The Balaban J connectivity index is 2.20. The van der Waals surface area contributed by atoms with E-state index < -0.39 is 0 Å². The van der Waals surface area contributed by atoms with Crippen LogP contribution in [0.3, 0.4) is 0 Å². The minimum Gasteiger partial charge on any atom is -0.319 e. The first kappa shape index (κ1) is 12.6. The van der Waals surface area contributed by atoms with E-state index in [1.54, 1.807) is 0 Å². The van der Waals surface area contributed by atoms with Gasteiger partial charge < -0.3 is 5.32 Å². The molecular weight excluding hydrogens is 206 g/mol. The van der Waals surface area contributed by atoms with Crippen LogP contribution in [0.2, 0.25) is 0 Å². The standard InChI is InChI=1S/C16H25N/c1-12(2)14-9-16(10-14,11-17-4)15-7-5-6-13(3)8-15/h5-8,12,14,17H,9-11H2,1-4H3. The lowest BCUT2D eigenvalue weighted by molar-refractivity contribution is 0.0995. The molecule has 0 unspecified atom stereocenters. The van der Waals surface area contributed by atoms with Crippen molar-refractivity contribution in [2.75, 3.05) is 13.6 Å². The van der Waals surface area contributed by atoms with Crippen molar-refractivity contribution in [1.82, 2.24) is 5.32 Å². The zero-order chi connectivity index (χ0) is 12.5. The number of hydrogen-bond donors (Lipinski definition) is 1. The van der Waals surface area contributed by atoms with E-state index in [4.69, 9.17) is 0 Å². The highest BCUT2D eigenvalue weighted by Gasteiger charge is 2.45. The Morgan fingerprint density at radius 1 is 1.35 bits per heavy atom. The Labute approximate surface area is 106 Å². The lowest BCUT2D eigenvalue weighted by Gasteiger charge is -2.50. The third-order valence-electron chi connectivity index (χ3n) is 4.39. The van der Waals surface area contributed by atoms with Crippen LogP contribution in [-0.2, 0) is 5.41 Å². The molecule has 1 aromatic rings. The average molecular weight is 231 g/mol. The summed E-state index contributed by atoms with van der Waals surface area (Å²) in [4.78, 5) is 0. The second-order valence-electron chi connectivity index (χ2n) is 6.09. The largest absolute Gasteiger partial charge is 0.319 e. The summed E-state index contributed by atoms with van der Waals surface area (Å²) < 4.78 is 0. The molecule has 0 heterocycles. The lowest BCUT2D eigenvalue weighted by atomic mass is 9.55. The zero-order valence-electron chi connectivity index (χ0n) is 11.6. The van der Waals surface area contributed by atoms with E-state index in [0.29, 0.717) is 5.41 Å². The van der Waals surface area contributed by atoms with Gasteiger partial charge in [-0.3, -0.25) is 0 Å². The van der Waals surface area contributed by atoms with Crippen LogP contribution in [0.5, 0.6) is 0 Å². The van der Waals surface area contributed by atoms with Gasteiger partial charge in [0.25, 0.3) is 0 Å². The molecule has 1 nitrogen and oxygen atoms in total. The summed E-state index contributed by atoms with van der Waals surface area (Å²) in [6, 6.07) is 9.06. The van der Waals surface area contributed by atoms with Gasteiger partial charge in [0.2, 0.25) is 0 Å². The molecule has 94 valence electrons. The zero-order valence-corrected chi connectivity index (χ0v) is 11.6. The number of hydrogen-bond acceptors (Lipinski definition) is 1. The second-order valence-corrected chi connectivity index (χ2v) is 6.09. The molecule has 1 aromatic carbocycles. The third-order valence-corrected chi connectivity index (χ3v) is 4.39. The van der Waals surface area contributed by atoms with Gasteiger partial charge in [-0.15, -0.1) is 0 Å². The molecule has 0 aliphatic heterocycles. The number of rotatable bonds is 4. The minimum atomic E-state index is 0.399. The molecule has 0 amide bonds. The van der Waals surface area contributed by atoms with Gasteiger partial charge >= 0.3 is 0 Å². The van der Waals surface area contributed by atoms with Gasteiger partial charge in [-0.25, -0.2) is 0 Å². The van der Waals surface area contributed by atoms with Crippen molar-refractivity contribution in [2.45, 2.75) is 39.0 Å². The van der Waals surface area contributed by atoms with Crippen molar-refractivity contribution < 1.29 is 0 Å². The molecule has 2 rings (SSSR count). The van der Waals surface area contributed by atoms with Crippen LogP contribution < -0.4 is 5.32 Å². The maximum Gasteiger partial charge on any atom is 0.00832 e. The molecule has 0 saturated heterocycles. The van der Waals surface area contributed by atoms with E-state index in [0.717, 1.165) is 18.4 Å². The molecule has 17 heavy (non-hydrogen) atoms. The molecular formula is C16H25N. The van der Waals surface area contributed by atoms with Gasteiger partial charge in [-0.1, -0.05) is 43.7 Å². The summed E-state index contributed by atoms with van der Waals surface area (Å²) in [6.07, 6.45) is 2.68. The van der Waals surface area contributed by atoms with Crippen molar-refractivity contribution in [2.24, 2.45) is 11.8 Å². The van der Waals surface area contributed by atoms with E-state index in [9.17, 15) is 0 Å². The van der Waals surface area contributed by atoms with Gasteiger partial charge in [0.1, 0.15) is 0 Å². The lowest BCUT2D eigenvalue weighted by Crippen LogP contribution is -2.49. The molecule has 0 bridgehead atoms. The van der Waals surface area contributed by atoms with Crippen molar-refractivity contribution >= 4 is 0 Å². The van der Waals surface area contributed by atoms with Crippen molar-refractivity contribution in [3.8, 4) is 0 Å². The Hall–Kier alpha value is -0.820.